The van der Waals surface area contributed by atoms with Gasteiger partial charge in [0, 0.05) is 21.1 Å². The monoisotopic (exact) mass is 437 g/mol. The number of carbonyl (C=O) groups is 1. The van der Waals surface area contributed by atoms with E-state index in [9.17, 15) is 4.79 Å². The van der Waals surface area contributed by atoms with Crippen molar-refractivity contribution in [1.29, 1.82) is 0 Å². The highest BCUT2D eigenvalue weighted by Crippen LogP contribution is 2.41. The minimum absolute atomic E-state index is 0.0807. The first kappa shape index (κ1) is 17.1. The standard InChI is InChI=1S/C19H20INO3/c1-19(2)11-16(15-10-14(23-3)8-9-17(15)24-19)21-18(22)12-4-6-13(20)7-5-12/h4-10,16H,11H2,1-3H3,(H,21,22). The molecule has 0 bridgehead atoms. The van der Waals surface area contributed by atoms with Crippen LogP contribution in [0.4, 0.5) is 0 Å². The summed E-state index contributed by atoms with van der Waals surface area (Å²) in [5.74, 6) is 1.47. The van der Waals surface area contributed by atoms with Gasteiger partial charge in [-0.15, -0.1) is 0 Å². The molecule has 0 fully saturated rings. The fraction of sp³-hybridized carbons (Fsp3) is 0.316. The number of halogens is 1. The molecular weight excluding hydrogens is 417 g/mol. The van der Waals surface area contributed by atoms with Gasteiger partial charge in [-0.25, -0.2) is 0 Å². The van der Waals surface area contributed by atoms with E-state index in [2.05, 4.69) is 27.9 Å². The Labute approximate surface area is 155 Å². The van der Waals surface area contributed by atoms with Gasteiger partial charge in [-0.1, -0.05) is 0 Å². The van der Waals surface area contributed by atoms with Crippen LogP contribution in [0.2, 0.25) is 0 Å². The third-order valence-corrected chi connectivity index (χ3v) is 4.81. The molecular formula is C19H20INO3. The summed E-state index contributed by atoms with van der Waals surface area (Å²) in [5, 5.41) is 3.14. The maximum absolute atomic E-state index is 12.6. The van der Waals surface area contributed by atoms with Gasteiger partial charge < -0.3 is 14.8 Å². The Kier molecular flexibility index (Phi) is 4.71. The van der Waals surface area contributed by atoms with E-state index in [-0.39, 0.29) is 17.6 Å². The van der Waals surface area contributed by atoms with Crippen molar-refractivity contribution < 1.29 is 14.3 Å². The van der Waals surface area contributed by atoms with Crippen LogP contribution >= 0.6 is 22.6 Å². The summed E-state index contributed by atoms with van der Waals surface area (Å²) in [6.07, 6.45) is 0.698. The summed E-state index contributed by atoms with van der Waals surface area (Å²) in [5.41, 5.74) is 1.27. The highest BCUT2D eigenvalue weighted by Gasteiger charge is 2.35. The Balaban J connectivity index is 1.89. The summed E-state index contributed by atoms with van der Waals surface area (Å²) in [7, 11) is 1.63. The van der Waals surface area contributed by atoms with Gasteiger partial charge in [0.25, 0.3) is 5.91 Å². The van der Waals surface area contributed by atoms with Crippen molar-refractivity contribution in [1.82, 2.24) is 5.32 Å². The summed E-state index contributed by atoms with van der Waals surface area (Å²) in [6.45, 7) is 4.06. The van der Waals surface area contributed by atoms with E-state index in [1.807, 2.05) is 56.3 Å². The number of fused-ring (bicyclic) bond motifs is 1. The van der Waals surface area contributed by atoms with Gasteiger partial charge in [-0.2, -0.15) is 0 Å². The van der Waals surface area contributed by atoms with Gasteiger partial charge >= 0.3 is 0 Å². The molecule has 0 aliphatic carbocycles. The molecule has 24 heavy (non-hydrogen) atoms. The van der Waals surface area contributed by atoms with Crippen molar-refractivity contribution in [2.24, 2.45) is 0 Å². The van der Waals surface area contributed by atoms with E-state index >= 15 is 0 Å². The van der Waals surface area contributed by atoms with E-state index in [0.29, 0.717) is 12.0 Å². The number of methoxy groups -OCH3 is 1. The summed E-state index contributed by atoms with van der Waals surface area (Å²) >= 11 is 2.23. The average molecular weight is 437 g/mol. The van der Waals surface area contributed by atoms with Crippen molar-refractivity contribution in [2.75, 3.05) is 7.11 Å². The topological polar surface area (TPSA) is 47.6 Å². The van der Waals surface area contributed by atoms with E-state index in [0.717, 1.165) is 20.6 Å². The number of hydrogen-bond donors (Lipinski definition) is 1. The van der Waals surface area contributed by atoms with Crippen LogP contribution in [0, 0.1) is 3.57 Å². The first-order valence-corrected chi connectivity index (χ1v) is 8.89. The predicted octanol–water partition coefficient (Wildman–Crippen LogP) is 4.33. The van der Waals surface area contributed by atoms with E-state index < -0.39 is 0 Å². The first-order chi connectivity index (χ1) is 11.4. The Hall–Kier alpha value is -1.76. The van der Waals surface area contributed by atoms with Crippen LogP contribution in [0.15, 0.2) is 42.5 Å². The molecule has 1 atom stereocenters. The van der Waals surface area contributed by atoms with Crippen LogP contribution in [0.1, 0.15) is 42.2 Å². The second kappa shape index (κ2) is 6.63. The minimum Gasteiger partial charge on any atom is -0.497 e. The molecule has 3 rings (SSSR count). The predicted molar refractivity (Wildman–Crippen MR) is 102 cm³/mol. The number of hydrogen-bond acceptors (Lipinski definition) is 3. The summed E-state index contributed by atoms with van der Waals surface area (Å²) in [6, 6.07) is 13.1. The maximum Gasteiger partial charge on any atom is 0.251 e. The average Bonchev–Trinajstić information content (AvgIpc) is 2.54. The first-order valence-electron chi connectivity index (χ1n) is 7.81. The molecule has 0 saturated carbocycles. The Morgan fingerprint density at radius 3 is 2.62 bits per heavy atom. The molecule has 2 aromatic rings. The molecule has 4 nitrogen and oxygen atoms in total. The van der Waals surface area contributed by atoms with Gasteiger partial charge in [0.2, 0.25) is 0 Å². The number of rotatable bonds is 3. The molecule has 1 aliphatic heterocycles. The lowest BCUT2D eigenvalue weighted by Crippen LogP contribution is -2.41. The minimum atomic E-state index is -0.342. The van der Waals surface area contributed by atoms with Crippen LogP contribution in [0.5, 0.6) is 11.5 Å². The molecule has 0 spiro atoms. The normalized spacial score (nSPS) is 18.2. The van der Waals surface area contributed by atoms with Crippen LogP contribution in [-0.2, 0) is 0 Å². The summed E-state index contributed by atoms with van der Waals surface area (Å²) in [4.78, 5) is 12.6. The quantitative estimate of drug-likeness (QED) is 0.728. The van der Waals surface area contributed by atoms with Crippen LogP contribution in [-0.4, -0.2) is 18.6 Å². The third-order valence-electron chi connectivity index (χ3n) is 4.09. The number of amides is 1. The number of nitrogens with one attached hydrogen (secondary N) is 1. The fourth-order valence-electron chi connectivity index (χ4n) is 2.93. The van der Waals surface area contributed by atoms with Crippen LogP contribution < -0.4 is 14.8 Å². The van der Waals surface area contributed by atoms with Crippen LogP contribution in [0.3, 0.4) is 0 Å². The molecule has 2 aromatic carbocycles. The zero-order valence-electron chi connectivity index (χ0n) is 13.9. The molecule has 126 valence electrons. The second-order valence-electron chi connectivity index (χ2n) is 6.50. The zero-order valence-corrected chi connectivity index (χ0v) is 16.1. The van der Waals surface area contributed by atoms with Gasteiger partial charge in [0.1, 0.15) is 17.1 Å². The van der Waals surface area contributed by atoms with Crippen LogP contribution in [0.25, 0.3) is 0 Å². The highest BCUT2D eigenvalue weighted by molar-refractivity contribution is 14.1. The maximum atomic E-state index is 12.6. The zero-order chi connectivity index (χ0) is 17.3. The Morgan fingerprint density at radius 1 is 1.25 bits per heavy atom. The fourth-order valence-corrected chi connectivity index (χ4v) is 3.29. The van der Waals surface area contributed by atoms with Crippen molar-refractivity contribution >= 4 is 28.5 Å². The Morgan fingerprint density at radius 2 is 1.96 bits per heavy atom. The van der Waals surface area contributed by atoms with E-state index in [1.54, 1.807) is 7.11 Å². The van der Waals surface area contributed by atoms with E-state index in [1.165, 1.54) is 0 Å². The van der Waals surface area contributed by atoms with Crippen molar-refractivity contribution in [2.45, 2.75) is 31.9 Å². The lowest BCUT2D eigenvalue weighted by Gasteiger charge is -2.38. The Bertz CT molecular complexity index is 756. The van der Waals surface area contributed by atoms with Gasteiger partial charge in [-0.05, 0) is 78.9 Å². The van der Waals surface area contributed by atoms with Gasteiger partial charge in [-0.3, -0.25) is 4.79 Å². The number of carbonyl (C=O) groups excluding carboxylic acids is 1. The smallest absolute Gasteiger partial charge is 0.251 e. The molecule has 1 aliphatic rings. The molecule has 1 heterocycles. The van der Waals surface area contributed by atoms with Gasteiger partial charge in [0.15, 0.2) is 0 Å². The molecule has 5 heteroatoms. The largest absolute Gasteiger partial charge is 0.497 e. The molecule has 0 saturated heterocycles. The third kappa shape index (κ3) is 3.66. The summed E-state index contributed by atoms with van der Waals surface area (Å²) < 4.78 is 12.5. The molecule has 1 unspecified atom stereocenters. The second-order valence-corrected chi connectivity index (χ2v) is 7.75. The molecule has 1 amide bonds. The highest BCUT2D eigenvalue weighted by atomic mass is 127. The van der Waals surface area contributed by atoms with E-state index in [4.69, 9.17) is 9.47 Å². The lowest BCUT2D eigenvalue weighted by molar-refractivity contribution is 0.0618. The molecule has 1 N–H and O–H groups in total. The lowest BCUT2D eigenvalue weighted by atomic mass is 9.89. The number of ether oxygens (including phenoxy) is 2. The van der Waals surface area contributed by atoms with Crippen molar-refractivity contribution in [3.63, 3.8) is 0 Å². The van der Waals surface area contributed by atoms with Crippen molar-refractivity contribution in [3.05, 3.63) is 57.2 Å². The van der Waals surface area contributed by atoms with Crippen molar-refractivity contribution in [3.8, 4) is 11.5 Å². The molecule has 0 radical (unpaired) electrons. The molecule has 0 aromatic heterocycles. The number of benzene rings is 2. The van der Waals surface area contributed by atoms with Gasteiger partial charge in [0.05, 0.1) is 13.2 Å². The SMILES string of the molecule is COc1ccc2c(c1)C(NC(=O)c1ccc(I)cc1)CC(C)(C)O2.